The summed E-state index contributed by atoms with van der Waals surface area (Å²) in [7, 11) is 0. The summed E-state index contributed by atoms with van der Waals surface area (Å²) in [4.78, 5) is 30.0. The van der Waals surface area contributed by atoms with Crippen LogP contribution in [0.2, 0.25) is 0 Å². The lowest BCUT2D eigenvalue weighted by Gasteiger charge is -2.13. The van der Waals surface area contributed by atoms with E-state index in [-0.39, 0.29) is 16.7 Å². The number of hydrogen-bond donors (Lipinski definition) is 1. The van der Waals surface area contributed by atoms with Crippen molar-refractivity contribution in [2.45, 2.75) is 18.6 Å². The van der Waals surface area contributed by atoms with Crippen LogP contribution in [0.3, 0.4) is 0 Å². The number of benzene rings is 2. The van der Waals surface area contributed by atoms with Gasteiger partial charge < -0.3 is 5.11 Å². The van der Waals surface area contributed by atoms with Crippen molar-refractivity contribution in [3.8, 4) is 0 Å². The van der Waals surface area contributed by atoms with E-state index in [1.54, 1.807) is 23.1 Å². The van der Waals surface area contributed by atoms with Gasteiger partial charge in [0, 0.05) is 6.54 Å². The van der Waals surface area contributed by atoms with E-state index < -0.39 is 5.97 Å². The Balaban J connectivity index is 1.82. The molecular formula is C21H20N2O3S. The van der Waals surface area contributed by atoms with Crippen molar-refractivity contribution in [1.29, 1.82) is 0 Å². The normalized spacial score (nSPS) is 18.1. The number of aryl methyl sites for hydroxylation is 1. The van der Waals surface area contributed by atoms with E-state index in [0.29, 0.717) is 23.8 Å². The fraction of sp³-hybridized carbons (Fsp3) is 0.190. The maximum atomic E-state index is 12.8. The van der Waals surface area contributed by atoms with Crippen LogP contribution in [0.5, 0.6) is 0 Å². The summed E-state index contributed by atoms with van der Waals surface area (Å²) in [5.41, 5.74) is 3.11. The van der Waals surface area contributed by atoms with Gasteiger partial charge in [-0.2, -0.15) is 0 Å². The number of rotatable bonds is 6. The number of nitrogens with zero attached hydrogens (tertiary/aromatic N) is 2. The Morgan fingerprint density at radius 2 is 1.89 bits per heavy atom. The molecule has 1 amide bonds. The Morgan fingerprint density at radius 3 is 2.48 bits per heavy atom. The van der Waals surface area contributed by atoms with Crippen LogP contribution in [0.4, 0.5) is 5.69 Å². The molecule has 1 saturated heterocycles. The second-order valence-corrected chi connectivity index (χ2v) is 7.45. The molecule has 0 aliphatic carbocycles. The van der Waals surface area contributed by atoms with E-state index in [1.165, 1.54) is 29.5 Å². The Hall–Kier alpha value is -2.86. The largest absolute Gasteiger partial charge is 0.478 e. The van der Waals surface area contributed by atoms with Crippen LogP contribution in [0.15, 0.2) is 66.2 Å². The van der Waals surface area contributed by atoms with E-state index >= 15 is 0 Å². The molecule has 0 unspecified atom stereocenters. The highest BCUT2D eigenvalue weighted by atomic mass is 32.2. The molecule has 0 radical (unpaired) electrons. The minimum atomic E-state index is -0.980. The molecule has 2 aromatic rings. The third kappa shape index (κ3) is 4.46. The monoisotopic (exact) mass is 380 g/mol. The van der Waals surface area contributed by atoms with Crippen LogP contribution in [0, 0.1) is 6.92 Å². The van der Waals surface area contributed by atoms with Gasteiger partial charge in [0.2, 0.25) is 5.91 Å². The Morgan fingerprint density at radius 1 is 1.22 bits per heavy atom. The fourth-order valence-corrected chi connectivity index (χ4v) is 3.96. The maximum Gasteiger partial charge on any atom is 0.335 e. The van der Waals surface area contributed by atoms with Crippen LogP contribution in [-0.4, -0.2) is 38.8 Å². The smallest absolute Gasteiger partial charge is 0.335 e. The number of carboxylic acid groups (broad SMARTS) is 1. The van der Waals surface area contributed by atoms with Crippen molar-refractivity contribution < 1.29 is 14.7 Å². The minimum Gasteiger partial charge on any atom is -0.478 e. The minimum absolute atomic E-state index is 0.0152. The average Bonchev–Trinajstić information content (AvgIpc) is 2.93. The highest BCUT2D eigenvalue weighted by molar-refractivity contribution is 8.15. The van der Waals surface area contributed by atoms with E-state index in [1.807, 2.05) is 31.2 Å². The van der Waals surface area contributed by atoms with Crippen LogP contribution in [-0.2, 0) is 11.2 Å². The van der Waals surface area contributed by atoms with Crippen molar-refractivity contribution >= 4 is 34.5 Å². The number of aliphatic imine (C=N–C) groups is 1. The van der Waals surface area contributed by atoms with E-state index in [4.69, 9.17) is 5.11 Å². The summed E-state index contributed by atoms with van der Waals surface area (Å²) in [6.07, 6.45) is 2.31. The van der Waals surface area contributed by atoms with Crippen LogP contribution >= 0.6 is 11.8 Å². The van der Waals surface area contributed by atoms with Gasteiger partial charge in [0.25, 0.3) is 0 Å². The van der Waals surface area contributed by atoms with E-state index in [0.717, 1.165) is 5.56 Å². The van der Waals surface area contributed by atoms with Gasteiger partial charge in [-0.1, -0.05) is 47.7 Å². The van der Waals surface area contributed by atoms with Gasteiger partial charge in [0.05, 0.1) is 16.5 Å². The lowest BCUT2D eigenvalue weighted by atomic mass is 10.1. The lowest BCUT2D eigenvalue weighted by molar-refractivity contribution is -0.125. The first-order valence-electron chi connectivity index (χ1n) is 8.54. The van der Waals surface area contributed by atoms with Gasteiger partial charge in [-0.05, 0) is 43.2 Å². The molecular weight excluding hydrogens is 360 g/mol. The highest BCUT2D eigenvalue weighted by Crippen LogP contribution is 2.32. The molecule has 1 atom stereocenters. The number of carboxylic acids is 1. The molecule has 0 spiro atoms. The first kappa shape index (κ1) is 18.9. The van der Waals surface area contributed by atoms with Crippen molar-refractivity contribution in [2.24, 2.45) is 4.99 Å². The van der Waals surface area contributed by atoms with Gasteiger partial charge >= 0.3 is 5.97 Å². The number of aromatic carboxylic acids is 1. The van der Waals surface area contributed by atoms with E-state index in [2.05, 4.69) is 11.6 Å². The first-order chi connectivity index (χ1) is 13.0. The molecule has 6 heteroatoms. The Kier molecular flexibility index (Phi) is 5.76. The lowest BCUT2D eigenvalue weighted by Crippen LogP contribution is -2.32. The number of thioether (sulfide) groups is 1. The molecule has 0 bridgehead atoms. The highest BCUT2D eigenvalue weighted by Gasteiger charge is 2.37. The molecule has 1 N–H and O–H groups in total. The zero-order valence-electron chi connectivity index (χ0n) is 15.0. The summed E-state index contributed by atoms with van der Waals surface area (Å²) in [6, 6.07) is 14.5. The second-order valence-electron chi connectivity index (χ2n) is 6.28. The molecule has 5 nitrogen and oxygen atoms in total. The molecule has 3 rings (SSSR count). The number of hydrogen-bond acceptors (Lipinski definition) is 4. The summed E-state index contributed by atoms with van der Waals surface area (Å²) in [6.45, 7) is 6.15. The number of carbonyl (C=O) groups is 2. The fourth-order valence-electron chi connectivity index (χ4n) is 2.75. The van der Waals surface area contributed by atoms with Gasteiger partial charge in [0.1, 0.15) is 0 Å². The summed E-state index contributed by atoms with van der Waals surface area (Å²) < 4.78 is 0. The van der Waals surface area contributed by atoms with Gasteiger partial charge in [-0.3, -0.25) is 9.69 Å². The Labute approximate surface area is 162 Å². The van der Waals surface area contributed by atoms with Crippen molar-refractivity contribution in [2.75, 3.05) is 6.54 Å². The van der Waals surface area contributed by atoms with Gasteiger partial charge in [0.15, 0.2) is 5.17 Å². The SMILES string of the molecule is C=CCN1C(=O)[C@@H](Cc2ccc(C)cc2)SC1=Nc1ccc(C(=O)O)cc1. The van der Waals surface area contributed by atoms with Crippen molar-refractivity contribution in [3.63, 3.8) is 0 Å². The number of carbonyl (C=O) groups excluding carboxylic acids is 1. The molecule has 0 aromatic heterocycles. The van der Waals surface area contributed by atoms with Gasteiger partial charge in [-0.25, -0.2) is 9.79 Å². The molecule has 0 saturated carbocycles. The average molecular weight is 380 g/mol. The predicted octanol–water partition coefficient (Wildman–Crippen LogP) is 4.05. The van der Waals surface area contributed by atoms with Gasteiger partial charge in [-0.15, -0.1) is 6.58 Å². The molecule has 1 aliphatic rings. The standard InChI is InChI=1S/C21H20N2O3S/c1-3-12-23-19(24)18(13-15-6-4-14(2)5-7-15)27-21(23)22-17-10-8-16(9-11-17)20(25)26/h3-11,18H,1,12-13H2,2H3,(H,25,26)/t18-/m1/s1. The second kappa shape index (κ2) is 8.22. The summed E-state index contributed by atoms with van der Waals surface area (Å²) >= 11 is 1.43. The first-order valence-corrected chi connectivity index (χ1v) is 9.42. The molecule has 1 heterocycles. The summed E-state index contributed by atoms with van der Waals surface area (Å²) in [5.74, 6) is -0.965. The van der Waals surface area contributed by atoms with Crippen LogP contribution in [0.1, 0.15) is 21.5 Å². The topological polar surface area (TPSA) is 70.0 Å². The zero-order valence-corrected chi connectivity index (χ0v) is 15.8. The van der Waals surface area contributed by atoms with Crippen molar-refractivity contribution in [3.05, 3.63) is 77.9 Å². The summed E-state index contributed by atoms with van der Waals surface area (Å²) in [5, 5.41) is 9.37. The third-order valence-corrected chi connectivity index (χ3v) is 5.39. The van der Waals surface area contributed by atoms with Crippen LogP contribution in [0.25, 0.3) is 0 Å². The molecule has 1 aliphatic heterocycles. The molecule has 138 valence electrons. The molecule has 2 aromatic carbocycles. The molecule has 27 heavy (non-hydrogen) atoms. The number of amidine groups is 1. The number of amides is 1. The predicted molar refractivity (Wildman–Crippen MR) is 109 cm³/mol. The Bertz CT molecular complexity index is 889. The van der Waals surface area contributed by atoms with Crippen LogP contribution < -0.4 is 0 Å². The molecule has 1 fully saturated rings. The van der Waals surface area contributed by atoms with Crippen molar-refractivity contribution in [1.82, 2.24) is 4.90 Å². The quantitative estimate of drug-likeness (QED) is 0.768. The van der Waals surface area contributed by atoms with E-state index in [9.17, 15) is 9.59 Å². The third-order valence-electron chi connectivity index (χ3n) is 4.21. The zero-order chi connectivity index (χ0) is 19.4. The maximum absolute atomic E-state index is 12.8.